The van der Waals surface area contributed by atoms with Gasteiger partial charge in [0.05, 0.1) is 5.60 Å². The molecule has 21 heavy (non-hydrogen) atoms. The second kappa shape index (κ2) is 6.72. The van der Waals surface area contributed by atoms with Gasteiger partial charge in [-0.1, -0.05) is 31.5 Å². The highest BCUT2D eigenvalue weighted by molar-refractivity contribution is 7.99. The van der Waals surface area contributed by atoms with Gasteiger partial charge in [0.25, 0.3) is 0 Å². The van der Waals surface area contributed by atoms with Gasteiger partial charge < -0.3 is 10.4 Å². The summed E-state index contributed by atoms with van der Waals surface area (Å²) >= 11 is 1.95. The molecule has 1 aromatic rings. The van der Waals surface area contributed by atoms with E-state index in [0.717, 1.165) is 31.7 Å². The fraction of sp³-hybridized carbons (Fsp3) is 0.667. The summed E-state index contributed by atoms with van der Waals surface area (Å²) in [6.45, 7) is 3.01. The minimum Gasteiger partial charge on any atom is -0.389 e. The first-order valence-corrected chi connectivity index (χ1v) is 9.36. The van der Waals surface area contributed by atoms with Crippen LogP contribution >= 0.6 is 11.8 Å². The first-order valence-electron chi connectivity index (χ1n) is 8.38. The average molecular weight is 305 g/mol. The lowest BCUT2D eigenvalue weighted by Gasteiger charge is -2.37. The van der Waals surface area contributed by atoms with E-state index in [-0.39, 0.29) is 0 Å². The SMILES string of the molecule is CCC1CCC(O)(CNC2CCSc3ccccc32)CC1. The van der Waals surface area contributed by atoms with Gasteiger partial charge in [0, 0.05) is 17.5 Å². The molecule has 0 amide bonds. The molecular weight excluding hydrogens is 278 g/mol. The van der Waals surface area contributed by atoms with Crippen molar-refractivity contribution in [3.05, 3.63) is 29.8 Å². The monoisotopic (exact) mass is 305 g/mol. The van der Waals surface area contributed by atoms with Crippen molar-refractivity contribution in [3.63, 3.8) is 0 Å². The van der Waals surface area contributed by atoms with Crippen molar-refractivity contribution in [2.24, 2.45) is 5.92 Å². The molecular formula is C18H27NOS. The average Bonchev–Trinajstić information content (AvgIpc) is 2.54. The highest BCUT2D eigenvalue weighted by Gasteiger charge is 2.33. The summed E-state index contributed by atoms with van der Waals surface area (Å²) < 4.78 is 0. The lowest BCUT2D eigenvalue weighted by Crippen LogP contribution is -2.45. The predicted octanol–water partition coefficient (Wildman–Crippen LogP) is 4.14. The Morgan fingerprint density at radius 1 is 1.24 bits per heavy atom. The Balaban J connectivity index is 1.59. The predicted molar refractivity (Wildman–Crippen MR) is 89.7 cm³/mol. The number of benzene rings is 1. The van der Waals surface area contributed by atoms with E-state index in [2.05, 4.69) is 36.5 Å². The molecule has 2 nitrogen and oxygen atoms in total. The van der Waals surface area contributed by atoms with Crippen molar-refractivity contribution in [2.45, 2.75) is 62.0 Å². The van der Waals surface area contributed by atoms with Crippen LogP contribution in [-0.2, 0) is 0 Å². The maximum absolute atomic E-state index is 10.8. The topological polar surface area (TPSA) is 32.3 Å². The zero-order chi connectivity index (χ0) is 14.7. The van der Waals surface area contributed by atoms with Crippen LogP contribution < -0.4 is 5.32 Å². The van der Waals surface area contributed by atoms with E-state index in [9.17, 15) is 5.11 Å². The lowest BCUT2D eigenvalue weighted by atomic mass is 9.77. The smallest absolute Gasteiger partial charge is 0.0772 e. The van der Waals surface area contributed by atoms with Crippen LogP contribution in [0.25, 0.3) is 0 Å². The third kappa shape index (κ3) is 3.64. The Morgan fingerprint density at radius 2 is 2.00 bits per heavy atom. The Bertz CT molecular complexity index is 468. The highest BCUT2D eigenvalue weighted by Crippen LogP contribution is 2.37. The number of hydrogen-bond acceptors (Lipinski definition) is 3. The number of hydrogen-bond donors (Lipinski definition) is 2. The first kappa shape index (κ1) is 15.4. The second-order valence-corrected chi connectivity index (χ2v) is 7.82. The minimum atomic E-state index is -0.481. The molecule has 1 aliphatic carbocycles. The van der Waals surface area contributed by atoms with E-state index >= 15 is 0 Å². The molecule has 1 saturated carbocycles. The van der Waals surface area contributed by atoms with E-state index in [1.165, 1.54) is 35.5 Å². The molecule has 0 aromatic heterocycles. The van der Waals surface area contributed by atoms with Gasteiger partial charge in [0.15, 0.2) is 0 Å². The molecule has 1 unspecified atom stereocenters. The molecule has 1 aliphatic heterocycles. The van der Waals surface area contributed by atoms with Crippen molar-refractivity contribution in [1.82, 2.24) is 5.32 Å². The molecule has 1 fully saturated rings. The number of thioether (sulfide) groups is 1. The van der Waals surface area contributed by atoms with E-state index in [4.69, 9.17) is 0 Å². The summed E-state index contributed by atoms with van der Waals surface area (Å²) in [5.74, 6) is 2.00. The van der Waals surface area contributed by atoms with Crippen molar-refractivity contribution >= 4 is 11.8 Å². The van der Waals surface area contributed by atoms with Crippen molar-refractivity contribution in [2.75, 3.05) is 12.3 Å². The van der Waals surface area contributed by atoms with Crippen molar-refractivity contribution in [1.29, 1.82) is 0 Å². The van der Waals surface area contributed by atoms with Crippen LogP contribution in [-0.4, -0.2) is 23.0 Å². The third-order valence-corrected chi connectivity index (χ3v) is 6.37. The van der Waals surface area contributed by atoms with Crippen LogP contribution in [0.5, 0.6) is 0 Å². The molecule has 1 aromatic carbocycles. The molecule has 3 heteroatoms. The van der Waals surface area contributed by atoms with E-state index in [1.54, 1.807) is 0 Å². The number of aliphatic hydroxyl groups is 1. The summed E-state index contributed by atoms with van der Waals surface area (Å²) in [4.78, 5) is 1.41. The Kier molecular flexibility index (Phi) is 4.92. The van der Waals surface area contributed by atoms with Gasteiger partial charge in [-0.2, -0.15) is 0 Å². The minimum absolute atomic E-state index is 0.412. The second-order valence-electron chi connectivity index (χ2n) is 6.68. The summed E-state index contributed by atoms with van der Waals surface area (Å²) in [7, 11) is 0. The van der Waals surface area contributed by atoms with Crippen molar-refractivity contribution < 1.29 is 5.11 Å². The van der Waals surface area contributed by atoms with E-state index in [0.29, 0.717) is 6.04 Å². The summed E-state index contributed by atoms with van der Waals surface area (Å²) in [6.07, 6.45) is 6.72. The quantitative estimate of drug-likeness (QED) is 0.876. The van der Waals surface area contributed by atoms with Crippen LogP contribution in [0.4, 0.5) is 0 Å². The molecule has 2 aliphatic rings. The van der Waals surface area contributed by atoms with E-state index in [1.807, 2.05) is 11.8 Å². The summed E-state index contributed by atoms with van der Waals surface area (Å²) in [5.41, 5.74) is 0.935. The number of rotatable bonds is 4. The Labute approximate surface area is 132 Å². The number of fused-ring (bicyclic) bond motifs is 1. The largest absolute Gasteiger partial charge is 0.389 e. The molecule has 2 N–H and O–H groups in total. The molecule has 0 saturated heterocycles. The van der Waals surface area contributed by atoms with Crippen LogP contribution in [0.3, 0.4) is 0 Å². The Hall–Kier alpha value is -0.510. The van der Waals surface area contributed by atoms with Crippen LogP contribution in [0.15, 0.2) is 29.2 Å². The van der Waals surface area contributed by atoms with Crippen LogP contribution in [0, 0.1) is 5.92 Å². The fourth-order valence-corrected chi connectivity index (χ4v) is 4.79. The zero-order valence-corrected chi connectivity index (χ0v) is 13.8. The summed E-state index contributed by atoms with van der Waals surface area (Å²) in [6, 6.07) is 9.11. The van der Waals surface area contributed by atoms with Gasteiger partial charge in [0.2, 0.25) is 0 Å². The standard InChI is InChI=1S/C18H27NOS/c1-2-14-7-10-18(20,11-8-14)13-19-16-9-12-21-17-6-4-3-5-15(16)17/h3-6,14,16,19-20H,2,7-13H2,1H3. The van der Waals surface area contributed by atoms with Crippen LogP contribution in [0.1, 0.15) is 57.1 Å². The third-order valence-electron chi connectivity index (χ3n) is 5.25. The lowest BCUT2D eigenvalue weighted by molar-refractivity contribution is -0.0108. The normalized spacial score (nSPS) is 32.7. The maximum atomic E-state index is 10.8. The molecule has 0 radical (unpaired) electrons. The molecule has 3 rings (SSSR count). The first-order chi connectivity index (χ1) is 10.2. The van der Waals surface area contributed by atoms with Gasteiger partial charge in [-0.3, -0.25) is 0 Å². The van der Waals surface area contributed by atoms with Gasteiger partial charge in [-0.15, -0.1) is 11.8 Å². The molecule has 1 heterocycles. The van der Waals surface area contributed by atoms with Gasteiger partial charge >= 0.3 is 0 Å². The van der Waals surface area contributed by atoms with Gasteiger partial charge in [-0.05, 0) is 55.4 Å². The summed E-state index contributed by atoms with van der Waals surface area (Å²) in [5, 5.41) is 14.5. The maximum Gasteiger partial charge on any atom is 0.0772 e. The van der Waals surface area contributed by atoms with Crippen LogP contribution in [0.2, 0.25) is 0 Å². The van der Waals surface area contributed by atoms with Crippen molar-refractivity contribution in [3.8, 4) is 0 Å². The Morgan fingerprint density at radius 3 is 2.76 bits per heavy atom. The molecule has 0 bridgehead atoms. The number of nitrogens with one attached hydrogen (secondary N) is 1. The van der Waals surface area contributed by atoms with E-state index < -0.39 is 5.60 Å². The zero-order valence-electron chi connectivity index (χ0n) is 13.0. The molecule has 1 atom stereocenters. The molecule has 116 valence electrons. The highest BCUT2D eigenvalue weighted by atomic mass is 32.2. The van der Waals surface area contributed by atoms with Gasteiger partial charge in [-0.25, -0.2) is 0 Å². The van der Waals surface area contributed by atoms with Gasteiger partial charge in [0.1, 0.15) is 0 Å². The molecule has 0 spiro atoms. The fourth-order valence-electron chi connectivity index (χ4n) is 3.67.